The maximum atomic E-state index is 13.0. The number of para-hydroxylation sites is 1. The highest BCUT2D eigenvalue weighted by atomic mass is 35.5. The predicted molar refractivity (Wildman–Crippen MR) is 125 cm³/mol. The highest BCUT2D eigenvalue weighted by Gasteiger charge is 2.22. The first-order chi connectivity index (χ1) is 15.3. The van der Waals surface area contributed by atoms with Crippen molar-refractivity contribution in [3.05, 3.63) is 77.3 Å². The molecule has 0 atom stereocenters. The Morgan fingerprint density at radius 1 is 1.03 bits per heavy atom. The van der Waals surface area contributed by atoms with Crippen LogP contribution in [0, 0.1) is 0 Å². The molecular formula is C23H23ClN2O5S. The predicted octanol–water partition coefficient (Wildman–Crippen LogP) is 4.73. The lowest BCUT2D eigenvalue weighted by atomic mass is 10.1. The van der Waals surface area contributed by atoms with Crippen molar-refractivity contribution in [3.63, 3.8) is 0 Å². The van der Waals surface area contributed by atoms with E-state index in [2.05, 4.69) is 10.0 Å². The van der Waals surface area contributed by atoms with E-state index in [1.165, 1.54) is 19.2 Å². The van der Waals surface area contributed by atoms with Crippen molar-refractivity contribution in [1.82, 2.24) is 0 Å². The zero-order valence-electron chi connectivity index (χ0n) is 17.6. The van der Waals surface area contributed by atoms with Crippen LogP contribution in [0.4, 0.5) is 11.4 Å². The van der Waals surface area contributed by atoms with Crippen molar-refractivity contribution in [2.75, 3.05) is 23.8 Å². The molecule has 32 heavy (non-hydrogen) atoms. The molecule has 0 saturated heterocycles. The Hall–Kier alpha value is -3.23. The van der Waals surface area contributed by atoms with Crippen molar-refractivity contribution in [2.24, 2.45) is 0 Å². The second kappa shape index (κ2) is 10.4. The van der Waals surface area contributed by atoms with Gasteiger partial charge in [0.15, 0.2) is 0 Å². The molecule has 0 bridgehead atoms. The van der Waals surface area contributed by atoms with Gasteiger partial charge in [0.1, 0.15) is 16.4 Å². The molecule has 3 aromatic rings. The molecule has 0 heterocycles. The summed E-state index contributed by atoms with van der Waals surface area (Å²) in [5.41, 5.74) is 1.36. The molecular weight excluding hydrogens is 452 g/mol. The molecule has 0 fully saturated rings. The molecule has 0 unspecified atom stereocenters. The van der Waals surface area contributed by atoms with E-state index in [-0.39, 0.29) is 33.7 Å². The third kappa shape index (κ3) is 5.93. The number of anilines is 2. The normalized spacial score (nSPS) is 11.0. The molecule has 168 valence electrons. The van der Waals surface area contributed by atoms with Crippen molar-refractivity contribution in [2.45, 2.75) is 18.2 Å². The molecule has 0 radical (unpaired) electrons. The number of methoxy groups -OCH3 is 1. The van der Waals surface area contributed by atoms with Crippen LogP contribution in [0.25, 0.3) is 0 Å². The van der Waals surface area contributed by atoms with Crippen LogP contribution in [0.15, 0.2) is 71.6 Å². The summed E-state index contributed by atoms with van der Waals surface area (Å²) in [5.74, 6) is 0.573. The number of halogens is 1. The van der Waals surface area contributed by atoms with E-state index in [0.29, 0.717) is 12.3 Å². The summed E-state index contributed by atoms with van der Waals surface area (Å²) in [6, 6.07) is 18.1. The third-order valence-corrected chi connectivity index (χ3v) is 6.17. The summed E-state index contributed by atoms with van der Waals surface area (Å²) in [6.07, 6.45) is 0.123. The van der Waals surface area contributed by atoms with Crippen LogP contribution in [-0.2, 0) is 21.2 Å². The SMILES string of the molecule is CCOc1ccc(CC(=O)Nc2ccc(OC)c(S(=O)(=O)Nc3ccccc3Cl)c2)cc1. The molecule has 0 spiro atoms. The summed E-state index contributed by atoms with van der Waals surface area (Å²) in [5, 5.41) is 2.98. The van der Waals surface area contributed by atoms with Crippen LogP contribution in [0.5, 0.6) is 11.5 Å². The maximum absolute atomic E-state index is 13.0. The molecule has 0 aromatic heterocycles. The fourth-order valence-corrected chi connectivity index (χ4v) is 4.48. The number of nitrogens with one attached hydrogen (secondary N) is 2. The van der Waals surface area contributed by atoms with Gasteiger partial charge in [-0.25, -0.2) is 8.42 Å². The lowest BCUT2D eigenvalue weighted by Gasteiger charge is -2.14. The van der Waals surface area contributed by atoms with Crippen molar-refractivity contribution in [3.8, 4) is 11.5 Å². The lowest BCUT2D eigenvalue weighted by molar-refractivity contribution is -0.115. The fourth-order valence-electron chi connectivity index (χ4n) is 2.97. The number of carbonyl (C=O) groups excluding carboxylic acids is 1. The molecule has 9 heteroatoms. The Balaban J connectivity index is 1.78. The van der Waals surface area contributed by atoms with Crippen molar-refractivity contribution < 1.29 is 22.7 Å². The van der Waals surface area contributed by atoms with Gasteiger partial charge in [0, 0.05) is 5.69 Å². The maximum Gasteiger partial charge on any atom is 0.265 e. The van der Waals surface area contributed by atoms with Gasteiger partial charge in [-0.05, 0) is 55.0 Å². The molecule has 3 rings (SSSR count). The summed E-state index contributed by atoms with van der Waals surface area (Å²) < 4.78 is 39.0. The van der Waals surface area contributed by atoms with Gasteiger partial charge in [-0.2, -0.15) is 0 Å². The molecule has 0 aliphatic rings. The van der Waals surface area contributed by atoms with Crippen LogP contribution >= 0.6 is 11.6 Å². The lowest BCUT2D eigenvalue weighted by Crippen LogP contribution is -2.17. The molecule has 0 aliphatic carbocycles. The van der Waals surface area contributed by atoms with E-state index in [4.69, 9.17) is 21.1 Å². The van der Waals surface area contributed by atoms with Gasteiger partial charge in [0.05, 0.1) is 30.8 Å². The number of amides is 1. The molecule has 0 aliphatic heterocycles. The number of sulfonamides is 1. The monoisotopic (exact) mass is 474 g/mol. The Morgan fingerprint density at radius 2 is 1.75 bits per heavy atom. The molecule has 0 saturated carbocycles. The van der Waals surface area contributed by atoms with Crippen LogP contribution < -0.4 is 19.5 Å². The van der Waals surface area contributed by atoms with Gasteiger partial charge in [0.2, 0.25) is 5.91 Å². The molecule has 1 amide bonds. The first kappa shape index (κ1) is 23.4. The average molecular weight is 475 g/mol. The van der Waals surface area contributed by atoms with Crippen LogP contribution in [0.2, 0.25) is 5.02 Å². The number of carbonyl (C=O) groups is 1. The zero-order valence-corrected chi connectivity index (χ0v) is 19.2. The summed E-state index contributed by atoms with van der Waals surface area (Å²) in [4.78, 5) is 12.4. The van der Waals surface area contributed by atoms with E-state index in [1.54, 1.807) is 42.5 Å². The van der Waals surface area contributed by atoms with Crippen molar-refractivity contribution >= 4 is 38.9 Å². The van der Waals surface area contributed by atoms with Crippen LogP contribution in [0.1, 0.15) is 12.5 Å². The standard InChI is InChI=1S/C23H23ClN2O5S/c1-3-31-18-11-8-16(9-12-18)14-23(27)25-17-10-13-21(30-2)22(15-17)32(28,29)26-20-7-5-4-6-19(20)24/h4-13,15,26H,3,14H2,1-2H3,(H,25,27). The minimum Gasteiger partial charge on any atom is -0.495 e. The van der Waals surface area contributed by atoms with Gasteiger partial charge in [-0.3, -0.25) is 9.52 Å². The van der Waals surface area contributed by atoms with E-state index < -0.39 is 10.0 Å². The van der Waals surface area contributed by atoms with Crippen LogP contribution in [0.3, 0.4) is 0 Å². The average Bonchev–Trinajstić information content (AvgIpc) is 2.77. The Labute approximate surface area is 192 Å². The molecule has 7 nitrogen and oxygen atoms in total. The van der Waals surface area contributed by atoms with E-state index in [9.17, 15) is 13.2 Å². The summed E-state index contributed by atoms with van der Waals surface area (Å²) >= 11 is 6.07. The number of benzene rings is 3. The minimum absolute atomic E-state index is 0.123. The largest absolute Gasteiger partial charge is 0.495 e. The van der Waals surface area contributed by atoms with E-state index >= 15 is 0 Å². The van der Waals surface area contributed by atoms with Crippen LogP contribution in [-0.4, -0.2) is 28.0 Å². The number of hydrogen-bond acceptors (Lipinski definition) is 5. The Bertz CT molecular complexity index is 1200. The molecule has 3 aromatic carbocycles. The van der Waals surface area contributed by atoms with Gasteiger partial charge < -0.3 is 14.8 Å². The first-order valence-electron chi connectivity index (χ1n) is 9.79. The number of ether oxygens (including phenoxy) is 2. The van der Waals surface area contributed by atoms with Crippen molar-refractivity contribution in [1.29, 1.82) is 0 Å². The highest BCUT2D eigenvalue weighted by Crippen LogP contribution is 2.31. The highest BCUT2D eigenvalue weighted by molar-refractivity contribution is 7.92. The topological polar surface area (TPSA) is 93.7 Å². The smallest absolute Gasteiger partial charge is 0.265 e. The van der Waals surface area contributed by atoms with Gasteiger partial charge >= 0.3 is 0 Å². The summed E-state index contributed by atoms with van der Waals surface area (Å²) in [7, 11) is -2.66. The van der Waals surface area contributed by atoms with Gasteiger partial charge in [-0.1, -0.05) is 35.9 Å². The first-order valence-corrected chi connectivity index (χ1v) is 11.7. The second-order valence-corrected chi connectivity index (χ2v) is 8.81. The summed E-state index contributed by atoms with van der Waals surface area (Å²) in [6.45, 7) is 2.46. The van der Waals surface area contributed by atoms with Gasteiger partial charge in [0.25, 0.3) is 10.0 Å². The second-order valence-electron chi connectivity index (χ2n) is 6.75. The Kier molecular flexibility index (Phi) is 7.61. The number of rotatable bonds is 9. The quantitative estimate of drug-likeness (QED) is 0.467. The van der Waals surface area contributed by atoms with E-state index in [0.717, 1.165) is 11.3 Å². The minimum atomic E-state index is -4.03. The van der Waals surface area contributed by atoms with E-state index in [1.807, 2.05) is 19.1 Å². The zero-order chi connectivity index (χ0) is 23.1. The number of hydrogen-bond donors (Lipinski definition) is 2. The van der Waals surface area contributed by atoms with Gasteiger partial charge in [-0.15, -0.1) is 0 Å². The fraction of sp³-hybridized carbons (Fsp3) is 0.174. The Morgan fingerprint density at radius 3 is 2.41 bits per heavy atom. The molecule has 2 N–H and O–H groups in total. The third-order valence-electron chi connectivity index (χ3n) is 4.45.